The fourth-order valence-electron chi connectivity index (χ4n) is 1.50. The second-order valence-electron chi connectivity index (χ2n) is 3.74. The van der Waals surface area contributed by atoms with Crippen molar-refractivity contribution in [1.82, 2.24) is 9.97 Å². The number of hydrogen-bond acceptors (Lipinski definition) is 3. The van der Waals surface area contributed by atoms with Crippen molar-refractivity contribution in [3.8, 4) is 11.3 Å². The van der Waals surface area contributed by atoms with Crippen molar-refractivity contribution < 1.29 is 23.1 Å². The van der Waals surface area contributed by atoms with E-state index in [-0.39, 0.29) is 16.3 Å². The number of alkyl halides is 3. The van der Waals surface area contributed by atoms with Gasteiger partial charge in [-0.2, -0.15) is 13.2 Å². The predicted molar refractivity (Wildman–Crippen MR) is 64.4 cm³/mol. The molecule has 0 atom stereocenters. The summed E-state index contributed by atoms with van der Waals surface area (Å²) in [6, 6.07) is 6.71. The Morgan fingerprint density at radius 1 is 1.20 bits per heavy atom. The average molecular weight is 303 g/mol. The SMILES string of the molecule is O=C(O)c1nc(-c2ccccc2Cl)cc(C(F)(F)F)n1. The van der Waals surface area contributed by atoms with Crippen molar-refractivity contribution in [1.29, 1.82) is 0 Å². The van der Waals surface area contributed by atoms with Gasteiger partial charge >= 0.3 is 12.1 Å². The molecule has 0 unspecified atom stereocenters. The molecule has 1 aromatic carbocycles. The molecule has 1 N–H and O–H groups in total. The first-order valence-corrected chi connectivity index (χ1v) is 5.61. The van der Waals surface area contributed by atoms with Gasteiger partial charge in [0.05, 0.1) is 5.69 Å². The van der Waals surface area contributed by atoms with Crippen LogP contribution in [-0.2, 0) is 6.18 Å². The maximum absolute atomic E-state index is 12.7. The fraction of sp³-hybridized carbons (Fsp3) is 0.0833. The Labute approximate surface area is 115 Å². The summed E-state index contributed by atoms with van der Waals surface area (Å²) >= 11 is 5.87. The van der Waals surface area contributed by atoms with E-state index in [0.29, 0.717) is 6.07 Å². The van der Waals surface area contributed by atoms with Crippen LogP contribution in [0.25, 0.3) is 11.3 Å². The Hall–Kier alpha value is -2.15. The standard InChI is InChI=1S/C12H6ClF3N2O2/c13-7-4-2-1-3-6(7)8-5-9(12(14,15)16)18-10(17-8)11(19)20/h1-5H,(H,19,20). The molecule has 0 fully saturated rings. The van der Waals surface area contributed by atoms with Crippen molar-refractivity contribution in [3.63, 3.8) is 0 Å². The molecule has 0 saturated heterocycles. The van der Waals surface area contributed by atoms with Crippen molar-refractivity contribution in [3.05, 3.63) is 46.9 Å². The number of hydrogen-bond donors (Lipinski definition) is 1. The molecular weight excluding hydrogens is 297 g/mol. The molecule has 8 heteroatoms. The molecule has 0 aliphatic rings. The highest BCUT2D eigenvalue weighted by molar-refractivity contribution is 6.33. The van der Waals surface area contributed by atoms with Crippen LogP contribution in [0.4, 0.5) is 13.2 Å². The largest absolute Gasteiger partial charge is 0.475 e. The minimum Gasteiger partial charge on any atom is -0.475 e. The lowest BCUT2D eigenvalue weighted by molar-refractivity contribution is -0.141. The molecule has 0 spiro atoms. The van der Waals surface area contributed by atoms with Gasteiger partial charge in [-0.25, -0.2) is 14.8 Å². The molecule has 0 saturated carbocycles. The van der Waals surface area contributed by atoms with Gasteiger partial charge in [0.25, 0.3) is 0 Å². The van der Waals surface area contributed by atoms with E-state index in [1.807, 2.05) is 0 Å². The summed E-state index contributed by atoms with van der Waals surface area (Å²) in [4.78, 5) is 17.4. The van der Waals surface area contributed by atoms with Gasteiger partial charge in [0.15, 0.2) is 0 Å². The third-order valence-corrected chi connectivity index (χ3v) is 2.69. The molecule has 1 heterocycles. The van der Waals surface area contributed by atoms with Gasteiger partial charge in [-0.1, -0.05) is 29.8 Å². The Balaban J connectivity index is 2.68. The molecule has 1 aromatic heterocycles. The van der Waals surface area contributed by atoms with Gasteiger partial charge in [0.1, 0.15) is 5.69 Å². The second kappa shape index (κ2) is 5.09. The zero-order chi connectivity index (χ0) is 14.9. The van der Waals surface area contributed by atoms with E-state index in [1.54, 1.807) is 12.1 Å². The first-order chi connectivity index (χ1) is 9.29. The Morgan fingerprint density at radius 2 is 1.85 bits per heavy atom. The van der Waals surface area contributed by atoms with Crippen molar-refractivity contribution in [2.75, 3.05) is 0 Å². The number of aromatic nitrogens is 2. The topological polar surface area (TPSA) is 63.1 Å². The van der Waals surface area contributed by atoms with Crippen LogP contribution in [0, 0.1) is 0 Å². The highest BCUT2D eigenvalue weighted by Gasteiger charge is 2.34. The Morgan fingerprint density at radius 3 is 2.40 bits per heavy atom. The van der Waals surface area contributed by atoms with E-state index in [0.717, 1.165) is 0 Å². The summed E-state index contributed by atoms with van der Waals surface area (Å²) in [5.41, 5.74) is -1.33. The van der Waals surface area contributed by atoms with E-state index in [4.69, 9.17) is 16.7 Å². The number of halogens is 4. The highest BCUT2D eigenvalue weighted by Crippen LogP contribution is 2.32. The van der Waals surface area contributed by atoms with Gasteiger partial charge < -0.3 is 5.11 Å². The third-order valence-electron chi connectivity index (χ3n) is 2.36. The van der Waals surface area contributed by atoms with Crippen LogP contribution in [0.3, 0.4) is 0 Å². The van der Waals surface area contributed by atoms with Crippen LogP contribution < -0.4 is 0 Å². The van der Waals surface area contributed by atoms with Crippen LogP contribution >= 0.6 is 11.6 Å². The molecule has 4 nitrogen and oxygen atoms in total. The molecule has 0 bridgehead atoms. The maximum atomic E-state index is 12.7. The first kappa shape index (κ1) is 14.3. The number of carboxylic acids is 1. The lowest BCUT2D eigenvalue weighted by Gasteiger charge is -2.09. The molecular formula is C12H6ClF3N2O2. The second-order valence-corrected chi connectivity index (χ2v) is 4.15. The van der Waals surface area contributed by atoms with E-state index < -0.39 is 23.7 Å². The minimum atomic E-state index is -4.77. The third kappa shape index (κ3) is 2.88. The molecule has 104 valence electrons. The average Bonchev–Trinajstić information content (AvgIpc) is 2.37. The van der Waals surface area contributed by atoms with E-state index in [9.17, 15) is 18.0 Å². The number of carbonyl (C=O) groups is 1. The zero-order valence-corrected chi connectivity index (χ0v) is 10.4. The Kier molecular flexibility index (Phi) is 3.63. The van der Waals surface area contributed by atoms with E-state index >= 15 is 0 Å². The fourth-order valence-corrected chi connectivity index (χ4v) is 1.73. The minimum absolute atomic E-state index is 0.163. The summed E-state index contributed by atoms with van der Waals surface area (Å²) in [5, 5.41) is 8.95. The number of aromatic carboxylic acids is 1. The van der Waals surface area contributed by atoms with Crippen LogP contribution in [-0.4, -0.2) is 21.0 Å². The van der Waals surface area contributed by atoms with Gasteiger partial charge in [-0.3, -0.25) is 0 Å². The molecule has 2 aromatic rings. The molecule has 2 rings (SSSR count). The normalized spacial score (nSPS) is 11.4. The molecule has 0 amide bonds. The molecule has 0 aliphatic heterocycles. The van der Waals surface area contributed by atoms with E-state index in [2.05, 4.69) is 9.97 Å². The summed E-state index contributed by atoms with van der Waals surface area (Å²) in [6.45, 7) is 0. The quantitative estimate of drug-likeness (QED) is 0.922. The number of nitrogens with zero attached hydrogens (tertiary/aromatic N) is 2. The Bertz CT molecular complexity index is 674. The molecule has 20 heavy (non-hydrogen) atoms. The number of rotatable bonds is 2. The summed E-state index contributed by atoms with van der Waals surface area (Å²) in [5.74, 6) is -2.58. The van der Waals surface area contributed by atoms with Gasteiger partial charge in [0.2, 0.25) is 5.82 Å². The number of carboxylic acid groups (broad SMARTS) is 1. The monoisotopic (exact) mass is 302 g/mol. The summed E-state index contributed by atoms with van der Waals surface area (Å²) in [6.07, 6.45) is -4.77. The van der Waals surface area contributed by atoms with Crippen molar-refractivity contribution >= 4 is 17.6 Å². The van der Waals surface area contributed by atoms with Crippen molar-refractivity contribution in [2.24, 2.45) is 0 Å². The van der Waals surface area contributed by atoms with Crippen LogP contribution in [0.5, 0.6) is 0 Å². The van der Waals surface area contributed by atoms with Crippen LogP contribution in [0.1, 0.15) is 16.3 Å². The van der Waals surface area contributed by atoms with Gasteiger partial charge in [0, 0.05) is 10.6 Å². The summed E-state index contributed by atoms with van der Waals surface area (Å²) in [7, 11) is 0. The lowest BCUT2D eigenvalue weighted by Crippen LogP contribution is -2.14. The summed E-state index contributed by atoms with van der Waals surface area (Å²) < 4.78 is 38.1. The van der Waals surface area contributed by atoms with Crippen LogP contribution in [0.15, 0.2) is 30.3 Å². The van der Waals surface area contributed by atoms with Gasteiger partial charge in [-0.15, -0.1) is 0 Å². The van der Waals surface area contributed by atoms with Gasteiger partial charge in [-0.05, 0) is 12.1 Å². The predicted octanol–water partition coefficient (Wildman–Crippen LogP) is 3.51. The van der Waals surface area contributed by atoms with E-state index in [1.165, 1.54) is 12.1 Å². The van der Waals surface area contributed by atoms with Crippen molar-refractivity contribution in [2.45, 2.75) is 6.18 Å². The first-order valence-electron chi connectivity index (χ1n) is 5.23. The maximum Gasteiger partial charge on any atom is 0.433 e. The molecule has 0 aliphatic carbocycles. The highest BCUT2D eigenvalue weighted by atomic mass is 35.5. The molecule has 0 radical (unpaired) electrons. The van der Waals surface area contributed by atoms with Crippen LogP contribution in [0.2, 0.25) is 5.02 Å². The smallest absolute Gasteiger partial charge is 0.433 e. The number of benzene rings is 1. The lowest BCUT2D eigenvalue weighted by atomic mass is 10.1. The zero-order valence-electron chi connectivity index (χ0n) is 9.65.